The molecule has 0 bridgehead atoms. The molecule has 6 nitrogen and oxygen atoms in total. The number of hydrogen-bond acceptors (Lipinski definition) is 6. The first-order chi connectivity index (χ1) is 16.9. The SMILES string of the molecule is Cc1cc(C(C)Nc2cccnc2C(=O)N2CCCS2)c2oc(-c3ccccc3)c(C)c(=O)c2c1. The molecular weight excluding hydrogens is 458 g/mol. The van der Waals surface area contributed by atoms with Gasteiger partial charge in [-0.2, -0.15) is 0 Å². The molecule has 0 aliphatic carbocycles. The minimum absolute atomic E-state index is 0.0365. The molecule has 1 unspecified atom stereocenters. The van der Waals surface area contributed by atoms with Crippen LogP contribution in [0, 0.1) is 13.8 Å². The number of carbonyl (C=O) groups is 1. The number of rotatable bonds is 5. The van der Waals surface area contributed by atoms with Crippen LogP contribution >= 0.6 is 11.9 Å². The molecule has 1 aliphatic rings. The maximum Gasteiger partial charge on any atom is 0.284 e. The first-order valence-corrected chi connectivity index (χ1v) is 12.7. The summed E-state index contributed by atoms with van der Waals surface area (Å²) < 4.78 is 8.20. The molecule has 0 spiro atoms. The highest BCUT2D eigenvalue weighted by Crippen LogP contribution is 2.33. The van der Waals surface area contributed by atoms with Crippen molar-refractivity contribution in [2.75, 3.05) is 17.6 Å². The summed E-state index contributed by atoms with van der Waals surface area (Å²) in [5.41, 5.74) is 4.84. The van der Waals surface area contributed by atoms with Crippen LogP contribution in [-0.4, -0.2) is 27.5 Å². The van der Waals surface area contributed by atoms with Crippen molar-refractivity contribution in [2.45, 2.75) is 33.2 Å². The summed E-state index contributed by atoms with van der Waals surface area (Å²) in [6.45, 7) is 6.51. The lowest BCUT2D eigenvalue weighted by molar-refractivity contribution is 0.0873. The Labute approximate surface area is 208 Å². The van der Waals surface area contributed by atoms with Crippen molar-refractivity contribution in [1.29, 1.82) is 0 Å². The van der Waals surface area contributed by atoms with Crippen molar-refractivity contribution in [3.8, 4) is 11.3 Å². The quantitative estimate of drug-likeness (QED) is 0.342. The van der Waals surface area contributed by atoms with E-state index in [0.717, 1.165) is 35.4 Å². The zero-order valence-electron chi connectivity index (χ0n) is 20.0. The van der Waals surface area contributed by atoms with Gasteiger partial charge < -0.3 is 9.73 Å². The summed E-state index contributed by atoms with van der Waals surface area (Å²) in [6, 6.07) is 17.0. The number of aryl methyl sites for hydroxylation is 1. The number of hydrogen-bond donors (Lipinski definition) is 1. The van der Waals surface area contributed by atoms with Gasteiger partial charge in [0.15, 0.2) is 11.1 Å². The van der Waals surface area contributed by atoms with Gasteiger partial charge in [0.2, 0.25) is 0 Å². The first kappa shape index (κ1) is 23.2. The second-order valence-electron chi connectivity index (χ2n) is 8.84. The van der Waals surface area contributed by atoms with Gasteiger partial charge in [0.1, 0.15) is 11.3 Å². The summed E-state index contributed by atoms with van der Waals surface area (Å²) >= 11 is 1.54. The molecule has 1 atom stereocenters. The number of amides is 1. The Kier molecular flexibility index (Phi) is 6.34. The molecule has 3 heterocycles. The molecule has 1 aliphatic heterocycles. The van der Waals surface area contributed by atoms with Crippen molar-refractivity contribution in [3.05, 3.63) is 93.4 Å². The van der Waals surface area contributed by atoms with Crippen LogP contribution in [0.25, 0.3) is 22.3 Å². The van der Waals surface area contributed by atoms with E-state index >= 15 is 0 Å². The predicted molar refractivity (Wildman–Crippen MR) is 142 cm³/mol. The van der Waals surface area contributed by atoms with E-state index < -0.39 is 0 Å². The van der Waals surface area contributed by atoms with Gasteiger partial charge in [-0.1, -0.05) is 36.4 Å². The molecular formula is C28H27N3O3S. The van der Waals surface area contributed by atoms with E-state index in [9.17, 15) is 9.59 Å². The number of aromatic nitrogens is 1. The Morgan fingerprint density at radius 2 is 1.94 bits per heavy atom. The van der Waals surface area contributed by atoms with Gasteiger partial charge in [0.25, 0.3) is 5.91 Å². The molecule has 7 heteroatoms. The third-order valence-electron chi connectivity index (χ3n) is 6.26. The largest absolute Gasteiger partial charge is 0.455 e. The number of fused-ring (bicyclic) bond motifs is 1. The Hall–Kier alpha value is -3.58. The summed E-state index contributed by atoms with van der Waals surface area (Å²) in [4.78, 5) is 30.8. The van der Waals surface area contributed by atoms with Gasteiger partial charge in [0, 0.05) is 35.2 Å². The zero-order chi connectivity index (χ0) is 24.5. The van der Waals surface area contributed by atoms with Crippen molar-refractivity contribution < 1.29 is 9.21 Å². The molecule has 178 valence electrons. The van der Waals surface area contributed by atoms with E-state index in [2.05, 4.69) is 10.3 Å². The normalized spacial score (nSPS) is 14.3. The smallest absolute Gasteiger partial charge is 0.284 e. The highest BCUT2D eigenvalue weighted by atomic mass is 32.2. The van der Waals surface area contributed by atoms with E-state index in [4.69, 9.17) is 4.42 Å². The van der Waals surface area contributed by atoms with Gasteiger partial charge in [-0.25, -0.2) is 4.98 Å². The average Bonchev–Trinajstić information content (AvgIpc) is 3.41. The zero-order valence-corrected chi connectivity index (χ0v) is 20.8. The lowest BCUT2D eigenvalue weighted by Gasteiger charge is -2.21. The lowest BCUT2D eigenvalue weighted by atomic mass is 9.98. The monoisotopic (exact) mass is 485 g/mol. The summed E-state index contributed by atoms with van der Waals surface area (Å²) in [5.74, 6) is 1.42. The third-order valence-corrected chi connectivity index (χ3v) is 7.39. The molecule has 0 saturated carbocycles. The Balaban J connectivity index is 1.58. The van der Waals surface area contributed by atoms with Crippen LogP contribution < -0.4 is 10.7 Å². The number of carbonyl (C=O) groups excluding carboxylic acids is 1. The van der Waals surface area contributed by atoms with Gasteiger partial charge in [0.05, 0.1) is 17.1 Å². The van der Waals surface area contributed by atoms with Crippen molar-refractivity contribution >= 4 is 34.5 Å². The number of nitrogens with one attached hydrogen (secondary N) is 1. The molecule has 35 heavy (non-hydrogen) atoms. The maximum absolute atomic E-state index is 13.4. The molecule has 1 amide bonds. The lowest BCUT2D eigenvalue weighted by Crippen LogP contribution is -2.24. The summed E-state index contributed by atoms with van der Waals surface area (Å²) in [6.07, 6.45) is 2.62. The van der Waals surface area contributed by atoms with Crippen LogP contribution in [-0.2, 0) is 0 Å². The van der Waals surface area contributed by atoms with Crippen LogP contribution in [0.4, 0.5) is 5.69 Å². The second-order valence-corrected chi connectivity index (χ2v) is 9.95. The minimum atomic E-state index is -0.242. The molecule has 0 radical (unpaired) electrons. The van der Waals surface area contributed by atoms with Gasteiger partial charge in [-0.3, -0.25) is 13.9 Å². The Bertz CT molecular complexity index is 1460. The Morgan fingerprint density at radius 3 is 2.69 bits per heavy atom. The van der Waals surface area contributed by atoms with Gasteiger partial charge >= 0.3 is 0 Å². The molecule has 1 fully saturated rings. The molecule has 1 saturated heterocycles. The number of nitrogens with zero attached hydrogens (tertiary/aromatic N) is 2. The predicted octanol–water partition coefficient (Wildman–Crippen LogP) is 6.14. The molecule has 4 aromatic rings. The van der Waals surface area contributed by atoms with E-state index in [1.165, 1.54) is 0 Å². The van der Waals surface area contributed by atoms with Crippen molar-refractivity contribution in [2.24, 2.45) is 0 Å². The van der Waals surface area contributed by atoms with Gasteiger partial charge in [-0.05, 0) is 62.9 Å². The van der Waals surface area contributed by atoms with E-state index in [-0.39, 0.29) is 17.4 Å². The fourth-order valence-electron chi connectivity index (χ4n) is 4.48. The van der Waals surface area contributed by atoms with Crippen molar-refractivity contribution in [1.82, 2.24) is 9.29 Å². The van der Waals surface area contributed by atoms with Crippen LogP contribution in [0.3, 0.4) is 0 Å². The fourth-order valence-corrected chi connectivity index (χ4v) is 5.42. The summed E-state index contributed by atoms with van der Waals surface area (Å²) in [5, 5.41) is 4.02. The topological polar surface area (TPSA) is 75.4 Å². The fraction of sp³-hybridized carbons (Fsp3) is 0.250. The van der Waals surface area contributed by atoms with E-state index in [1.54, 1.807) is 29.4 Å². The molecule has 5 rings (SSSR count). The minimum Gasteiger partial charge on any atom is -0.455 e. The first-order valence-electron chi connectivity index (χ1n) is 11.7. The van der Waals surface area contributed by atoms with Crippen LogP contribution in [0.2, 0.25) is 0 Å². The molecule has 1 N–H and O–H groups in total. The Morgan fingerprint density at radius 1 is 1.14 bits per heavy atom. The highest BCUT2D eigenvalue weighted by Gasteiger charge is 2.25. The van der Waals surface area contributed by atoms with Crippen LogP contribution in [0.15, 0.2) is 70.0 Å². The van der Waals surface area contributed by atoms with Crippen molar-refractivity contribution in [3.63, 3.8) is 0 Å². The van der Waals surface area contributed by atoms with E-state index in [0.29, 0.717) is 33.7 Å². The highest BCUT2D eigenvalue weighted by molar-refractivity contribution is 7.97. The maximum atomic E-state index is 13.4. The van der Waals surface area contributed by atoms with Crippen LogP contribution in [0.5, 0.6) is 0 Å². The standard InChI is InChI=1S/C28H27N3O3S/c1-17-15-21(19(3)30-23-11-7-12-29-24(23)28(33)31-13-8-14-35-31)27-22(16-17)25(32)18(2)26(34-27)20-9-5-4-6-10-20/h4-7,9-12,15-16,19,30H,8,13-14H2,1-3H3. The van der Waals surface area contributed by atoms with Gasteiger partial charge in [-0.15, -0.1) is 0 Å². The molecule has 2 aromatic heterocycles. The number of benzene rings is 2. The molecule has 2 aromatic carbocycles. The summed E-state index contributed by atoms with van der Waals surface area (Å²) in [7, 11) is 0. The number of pyridine rings is 1. The van der Waals surface area contributed by atoms with Crippen LogP contribution in [0.1, 0.15) is 46.6 Å². The second kappa shape index (κ2) is 9.58. The van der Waals surface area contributed by atoms with E-state index in [1.807, 2.05) is 68.4 Å². The third kappa shape index (κ3) is 4.44. The number of anilines is 1. The average molecular weight is 486 g/mol.